The van der Waals surface area contributed by atoms with E-state index in [1.165, 1.54) is 4.90 Å². The number of imide groups is 1. The maximum absolute atomic E-state index is 11.9. The fourth-order valence-electron chi connectivity index (χ4n) is 3.01. The normalized spacial score (nSPS) is 40.4. The summed E-state index contributed by atoms with van der Waals surface area (Å²) in [6.45, 7) is 8.22. The van der Waals surface area contributed by atoms with Crippen LogP contribution >= 0.6 is 0 Å². The molecule has 3 aliphatic rings. The molecule has 0 radical (unpaired) electrons. The third-order valence-electron chi connectivity index (χ3n) is 4.16. The van der Waals surface area contributed by atoms with Crippen molar-refractivity contribution in [1.29, 1.82) is 0 Å². The Morgan fingerprint density at radius 3 is 2.30 bits per heavy atom. The molecule has 0 spiro atoms. The number of rotatable bonds is 3. The average molecular weight is 283 g/mol. The van der Waals surface area contributed by atoms with Crippen molar-refractivity contribution in [1.82, 2.24) is 4.90 Å². The summed E-state index contributed by atoms with van der Waals surface area (Å²) in [6, 6.07) is 0. The average Bonchev–Trinajstić information content (AvgIpc) is 2.81. The highest BCUT2D eigenvalue weighted by atomic mass is 16.8. The molecule has 3 aliphatic heterocycles. The first-order valence-electron chi connectivity index (χ1n) is 7.02. The van der Waals surface area contributed by atoms with Gasteiger partial charge in [-0.3, -0.25) is 14.5 Å². The molecule has 3 fully saturated rings. The number of carbonyl (C=O) groups is 2. The Balaban J connectivity index is 1.87. The number of hydrogen-bond acceptors (Lipinski definition) is 5. The van der Waals surface area contributed by atoms with Gasteiger partial charge in [0.1, 0.15) is 11.7 Å². The van der Waals surface area contributed by atoms with Crippen molar-refractivity contribution in [2.75, 3.05) is 13.2 Å². The van der Waals surface area contributed by atoms with Gasteiger partial charge in [0.15, 0.2) is 0 Å². The van der Waals surface area contributed by atoms with Crippen LogP contribution in [0.3, 0.4) is 0 Å². The Morgan fingerprint density at radius 2 is 1.90 bits per heavy atom. The Morgan fingerprint density at radius 1 is 1.30 bits per heavy atom. The summed E-state index contributed by atoms with van der Waals surface area (Å²) in [5.74, 6) is -1.39. The molecule has 6 heteroatoms. The monoisotopic (exact) mass is 283 g/mol. The van der Waals surface area contributed by atoms with Gasteiger partial charge in [-0.15, -0.1) is 0 Å². The van der Waals surface area contributed by atoms with E-state index < -0.39 is 17.0 Å². The second-order valence-electron chi connectivity index (χ2n) is 6.87. The molecule has 3 rings (SSSR count). The zero-order valence-corrected chi connectivity index (χ0v) is 12.4. The van der Waals surface area contributed by atoms with Gasteiger partial charge in [-0.05, 0) is 27.7 Å². The van der Waals surface area contributed by atoms with E-state index in [0.717, 1.165) is 0 Å². The van der Waals surface area contributed by atoms with Crippen LogP contribution in [0.5, 0.6) is 0 Å². The maximum Gasteiger partial charge on any atom is 0.229 e. The Hall–Kier alpha value is -0.980. The van der Waals surface area contributed by atoms with Crippen molar-refractivity contribution in [3.05, 3.63) is 0 Å². The number of hydrogen-bond donors (Lipinski definition) is 0. The van der Waals surface area contributed by atoms with Crippen LogP contribution in [0.2, 0.25) is 0 Å². The van der Waals surface area contributed by atoms with Crippen LogP contribution in [0.15, 0.2) is 0 Å². The molecule has 0 aromatic carbocycles. The Kier molecular flexibility index (Phi) is 2.81. The minimum absolute atomic E-state index is 0.0161. The van der Waals surface area contributed by atoms with Crippen molar-refractivity contribution < 1.29 is 23.8 Å². The van der Waals surface area contributed by atoms with Crippen molar-refractivity contribution in [3.63, 3.8) is 0 Å². The second kappa shape index (κ2) is 4.02. The van der Waals surface area contributed by atoms with Gasteiger partial charge in [0.2, 0.25) is 17.6 Å². The van der Waals surface area contributed by atoms with Crippen LogP contribution in [0.4, 0.5) is 0 Å². The third kappa shape index (κ3) is 1.98. The predicted octanol–water partition coefficient (Wildman–Crippen LogP) is 0.834. The summed E-state index contributed by atoms with van der Waals surface area (Å²) in [4.78, 5) is 25.0. The first kappa shape index (κ1) is 14.0. The molecule has 0 aliphatic carbocycles. The second-order valence-corrected chi connectivity index (χ2v) is 6.87. The number of likely N-dealkylation sites (tertiary alicyclic amines) is 1. The summed E-state index contributed by atoms with van der Waals surface area (Å²) in [5, 5.41) is 0. The lowest BCUT2D eigenvalue weighted by Gasteiger charge is -2.41. The molecule has 0 aromatic rings. The first-order valence-corrected chi connectivity index (χ1v) is 7.02. The lowest BCUT2D eigenvalue weighted by Crippen LogP contribution is -2.57. The van der Waals surface area contributed by atoms with Gasteiger partial charge in [0.05, 0.1) is 18.8 Å². The molecule has 0 N–H and O–H groups in total. The highest BCUT2D eigenvalue weighted by Gasteiger charge is 2.74. The van der Waals surface area contributed by atoms with E-state index in [0.29, 0.717) is 6.61 Å². The first-order chi connectivity index (χ1) is 9.17. The fraction of sp³-hybridized carbons (Fsp3) is 0.857. The summed E-state index contributed by atoms with van der Waals surface area (Å²) in [7, 11) is 0. The van der Waals surface area contributed by atoms with Gasteiger partial charge in [0.25, 0.3) is 0 Å². The molecule has 0 saturated carbocycles. The van der Waals surface area contributed by atoms with Crippen molar-refractivity contribution in [3.8, 4) is 0 Å². The smallest absolute Gasteiger partial charge is 0.229 e. The molecule has 3 heterocycles. The molecule has 3 saturated heterocycles. The minimum Gasteiger partial charge on any atom is -0.358 e. The van der Waals surface area contributed by atoms with Crippen molar-refractivity contribution in [2.24, 2.45) is 0 Å². The van der Waals surface area contributed by atoms with E-state index in [2.05, 4.69) is 0 Å². The zero-order chi connectivity index (χ0) is 14.8. The van der Waals surface area contributed by atoms with E-state index in [4.69, 9.17) is 14.2 Å². The highest BCUT2D eigenvalue weighted by Crippen LogP contribution is 2.55. The van der Waals surface area contributed by atoms with Crippen LogP contribution in [0.1, 0.15) is 40.5 Å². The van der Waals surface area contributed by atoms with Gasteiger partial charge in [-0.2, -0.15) is 0 Å². The summed E-state index contributed by atoms with van der Waals surface area (Å²) >= 11 is 0. The van der Waals surface area contributed by atoms with Crippen molar-refractivity contribution in [2.45, 2.75) is 63.6 Å². The Bertz CT molecular complexity index is 453. The molecular formula is C14H21NO5. The van der Waals surface area contributed by atoms with Gasteiger partial charge < -0.3 is 14.2 Å². The summed E-state index contributed by atoms with van der Waals surface area (Å²) in [5.41, 5.74) is -1.04. The lowest BCUT2D eigenvalue weighted by molar-refractivity contribution is -0.299. The molecule has 0 bridgehead atoms. The van der Waals surface area contributed by atoms with Gasteiger partial charge >= 0.3 is 0 Å². The quantitative estimate of drug-likeness (QED) is 0.567. The van der Waals surface area contributed by atoms with Crippen LogP contribution in [-0.2, 0) is 23.8 Å². The third-order valence-corrected chi connectivity index (χ3v) is 4.16. The number of fused-ring (bicyclic) bond motifs is 1. The SMILES string of the molecule is CC(C)(C)O[C@]1(CN2C(=O)CCC2=O)OC[C@@H]2O[C@@]21C. The lowest BCUT2D eigenvalue weighted by atomic mass is 9.97. The van der Waals surface area contributed by atoms with E-state index in [9.17, 15) is 9.59 Å². The van der Waals surface area contributed by atoms with Gasteiger partial charge in [0, 0.05) is 12.8 Å². The number of ether oxygens (including phenoxy) is 3. The molecule has 20 heavy (non-hydrogen) atoms. The van der Waals surface area contributed by atoms with Crippen LogP contribution in [-0.4, -0.2) is 53.0 Å². The number of carbonyl (C=O) groups excluding carboxylic acids is 2. The largest absolute Gasteiger partial charge is 0.358 e. The van der Waals surface area contributed by atoms with Crippen molar-refractivity contribution >= 4 is 11.8 Å². The van der Waals surface area contributed by atoms with Crippen LogP contribution < -0.4 is 0 Å². The molecule has 3 atom stereocenters. The predicted molar refractivity (Wildman–Crippen MR) is 68.8 cm³/mol. The molecule has 0 aromatic heterocycles. The molecule has 2 amide bonds. The minimum atomic E-state index is -1.06. The number of epoxide rings is 1. The maximum atomic E-state index is 11.9. The topological polar surface area (TPSA) is 68.4 Å². The zero-order valence-electron chi connectivity index (χ0n) is 12.4. The van der Waals surface area contributed by atoms with E-state index >= 15 is 0 Å². The number of nitrogens with zero attached hydrogens (tertiary/aromatic N) is 1. The molecular weight excluding hydrogens is 262 g/mol. The summed E-state index contributed by atoms with van der Waals surface area (Å²) < 4.78 is 17.6. The fourth-order valence-corrected chi connectivity index (χ4v) is 3.01. The van der Waals surface area contributed by atoms with Gasteiger partial charge in [-0.25, -0.2) is 0 Å². The van der Waals surface area contributed by atoms with Crippen LogP contribution in [0.25, 0.3) is 0 Å². The van der Waals surface area contributed by atoms with E-state index in [-0.39, 0.29) is 37.3 Å². The van der Waals surface area contributed by atoms with E-state index in [1.807, 2.05) is 27.7 Å². The molecule has 112 valence electrons. The highest BCUT2D eigenvalue weighted by molar-refractivity contribution is 6.02. The standard InChI is InChI=1S/C14H21NO5/c1-12(2,3)20-14(13(4)9(19-13)7-18-14)8-15-10(16)5-6-11(15)17/h9H,5-8H2,1-4H3/t9-,13-,14-/m0/s1. The Labute approximate surface area is 118 Å². The number of amides is 2. The summed E-state index contributed by atoms with van der Waals surface area (Å²) in [6.07, 6.45) is 0.522. The molecule has 0 unspecified atom stereocenters. The van der Waals surface area contributed by atoms with Gasteiger partial charge in [-0.1, -0.05) is 0 Å². The van der Waals surface area contributed by atoms with Crippen LogP contribution in [0, 0.1) is 0 Å². The van der Waals surface area contributed by atoms with E-state index in [1.54, 1.807) is 0 Å². The molecule has 6 nitrogen and oxygen atoms in total.